The lowest BCUT2D eigenvalue weighted by Crippen LogP contribution is -2.23. The van der Waals surface area contributed by atoms with Crippen LogP contribution in [0.3, 0.4) is 0 Å². The van der Waals surface area contributed by atoms with Gasteiger partial charge < -0.3 is 0 Å². The molecule has 0 saturated carbocycles. The zero-order valence-electron chi connectivity index (χ0n) is 9.64. The summed E-state index contributed by atoms with van der Waals surface area (Å²) in [6.45, 7) is 4.18. The number of aryl methyl sites for hydroxylation is 3. The van der Waals surface area contributed by atoms with Crippen molar-refractivity contribution in [2.75, 3.05) is 0 Å². The molecule has 1 aromatic heterocycles. The van der Waals surface area contributed by atoms with E-state index >= 15 is 0 Å². The van der Waals surface area contributed by atoms with Gasteiger partial charge in [-0.2, -0.15) is 0 Å². The Labute approximate surface area is 99.1 Å². The van der Waals surface area contributed by atoms with Crippen LogP contribution in [0.5, 0.6) is 0 Å². The van der Waals surface area contributed by atoms with E-state index in [1.54, 1.807) is 11.3 Å². The first kappa shape index (κ1) is 11.0. The Morgan fingerprint density at radius 2 is 1.94 bits per heavy atom. The zero-order valence-corrected chi connectivity index (χ0v) is 10.5. The second-order valence-corrected chi connectivity index (χ2v) is 4.64. The van der Waals surface area contributed by atoms with Crippen molar-refractivity contribution >= 4 is 22.2 Å². The lowest BCUT2D eigenvalue weighted by molar-refractivity contribution is -0.654. The maximum Gasteiger partial charge on any atom is 0.408 e. The summed E-state index contributed by atoms with van der Waals surface area (Å²) in [5.41, 5.74) is 3.42. The molecule has 4 heteroatoms. The van der Waals surface area contributed by atoms with Crippen LogP contribution >= 0.6 is 11.3 Å². The molecule has 0 bridgehead atoms. The highest BCUT2D eigenvalue weighted by Crippen LogP contribution is 2.20. The minimum Gasteiger partial charge on any atom is -0.222 e. The second kappa shape index (κ2) is 4.53. The number of nitrogens with zero attached hydrogens (tertiary/aromatic N) is 3. The van der Waals surface area contributed by atoms with Crippen LogP contribution in [-0.4, -0.2) is 0 Å². The topological polar surface area (TPSA) is 28.6 Å². The van der Waals surface area contributed by atoms with Crippen LogP contribution in [-0.2, 0) is 7.05 Å². The molecule has 0 saturated heterocycles. The average Bonchev–Trinajstić information content (AvgIpc) is 2.66. The van der Waals surface area contributed by atoms with Crippen molar-refractivity contribution in [2.24, 2.45) is 17.3 Å². The molecule has 0 N–H and O–H groups in total. The molecule has 1 heterocycles. The fraction of sp³-hybridized carbons (Fsp3) is 0.250. The molecular formula is C12H14N3S+. The Kier molecular flexibility index (Phi) is 3.10. The summed E-state index contributed by atoms with van der Waals surface area (Å²) < 4.78 is 1.95. The van der Waals surface area contributed by atoms with Gasteiger partial charge in [0.15, 0.2) is 0 Å². The lowest BCUT2D eigenvalue weighted by Gasteiger charge is -1.97. The van der Waals surface area contributed by atoms with Crippen LogP contribution in [0, 0.1) is 13.8 Å². The predicted molar refractivity (Wildman–Crippen MR) is 65.6 cm³/mol. The van der Waals surface area contributed by atoms with Gasteiger partial charge in [0.25, 0.3) is 0 Å². The predicted octanol–water partition coefficient (Wildman–Crippen LogP) is 3.60. The highest BCUT2D eigenvalue weighted by atomic mass is 32.1. The van der Waals surface area contributed by atoms with Crippen LogP contribution < -0.4 is 4.57 Å². The van der Waals surface area contributed by atoms with Crippen molar-refractivity contribution in [3.63, 3.8) is 0 Å². The number of hydrogen-bond acceptors (Lipinski definition) is 3. The van der Waals surface area contributed by atoms with Gasteiger partial charge in [-0.05, 0) is 53.6 Å². The maximum atomic E-state index is 4.23. The Morgan fingerprint density at radius 3 is 2.56 bits per heavy atom. The summed E-state index contributed by atoms with van der Waals surface area (Å²) in [7, 11) is 1.96. The number of rotatable bonds is 2. The lowest BCUT2D eigenvalue weighted by atomic mass is 10.1. The zero-order chi connectivity index (χ0) is 11.5. The fourth-order valence-corrected chi connectivity index (χ4v) is 1.99. The molecule has 0 atom stereocenters. The summed E-state index contributed by atoms with van der Waals surface area (Å²) in [5.74, 6) is 0. The molecule has 2 rings (SSSR count). The van der Waals surface area contributed by atoms with Crippen molar-refractivity contribution < 1.29 is 4.57 Å². The first-order valence-corrected chi connectivity index (χ1v) is 5.97. The highest BCUT2D eigenvalue weighted by Gasteiger charge is 2.07. The van der Waals surface area contributed by atoms with Gasteiger partial charge in [0.1, 0.15) is 11.9 Å². The van der Waals surface area contributed by atoms with Gasteiger partial charge in [-0.25, -0.2) is 4.57 Å². The van der Waals surface area contributed by atoms with E-state index in [0.717, 1.165) is 10.8 Å². The quantitative estimate of drug-likeness (QED) is 0.559. The normalized spacial score (nSPS) is 11.2. The Bertz CT molecular complexity index is 529. The van der Waals surface area contributed by atoms with Crippen LogP contribution in [0.2, 0.25) is 0 Å². The van der Waals surface area contributed by atoms with Crippen molar-refractivity contribution in [3.05, 3.63) is 40.9 Å². The third kappa shape index (κ3) is 2.33. The maximum absolute atomic E-state index is 4.23. The Balaban J connectivity index is 2.24. The highest BCUT2D eigenvalue weighted by molar-refractivity contribution is 7.12. The van der Waals surface area contributed by atoms with Crippen molar-refractivity contribution in [3.8, 4) is 0 Å². The third-order valence-corrected chi connectivity index (χ3v) is 3.34. The first-order valence-electron chi connectivity index (χ1n) is 5.09. The number of thiazole rings is 1. The number of benzene rings is 1. The summed E-state index contributed by atoms with van der Waals surface area (Å²) in [4.78, 5) is 0. The Hall–Kier alpha value is -1.55. The smallest absolute Gasteiger partial charge is 0.222 e. The first-order chi connectivity index (χ1) is 7.66. The molecule has 0 unspecified atom stereocenters. The van der Waals surface area contributed by atoms with E-state index in [4.69, 9.17) is 0 Å². The molecule has 3 nitrogen and oxygen atoms in total. The molecular weight excluding hydrogens is 218 g/mol. The Morgan fingerprint density at radius 1 is 1.12 bits per heavy atom. The van der Waals surface area contributed by atoms with Gasteiger partial charge in [-0.15, -0.1) is 0 Å². The average molecular weight is 232 g/mol. The summed E-state index contributed by atoms with van der Waals surface area (Å²) in [6, 6.07) is 6.10. The van der Waals surface area contributed by atoms with Crippen LogP contribution in [0.4, 0.5) is 10.8 Å². The molecule has 0 radical (unpaired) electrons. The van der Waals surface area contributed by atoms with E-state index in [9.17, 15) is 0 Å². The van der Waals surface area contributed by atoms with Gasteiger partial charge in [0, 0.05) is 5.38 Å². The standard InChI is InChI=1S/C12H14N3S/c1-9-4-5-11(8-10(9)2)13-14-12-15(3)6-7-16-12/h4-8H,1-3H3/q+1. The number of azo groups is 1. The molecule has 82 valence electrons. The molecule has 0 amide bonds. The molecule has 0 fully saturated rings. The van der Waals surface area contributed by atoms with Gasteiger partial charge in [0.2, 0.25) is 0 Å². The number of hydrogen-bond donors (Lipinski definition) is 0. The van der Waals surface area contributed by atoms with E-state index in [0.29, 0.717) is 0 Å². The van der Waals surface area contributed by atoms with Gasteiger partial charge in [-0.1, -0.05) is 6.07 Å². The largest absolute Gasteiger partial charge is 0.408 e. The van der Waals surface area contributed by atoms with Crippen molar-refractivity contribution in [1.82, 2.24) is 0 Å². The van der Waals surface area contributed by atoms with Crippen LogP contribution in [0.1, 0.15) is 11.1 Å². The minimum atomic E-state index is 0.900. The molecule has 0 spiro atoms. The number of aromatic nitrogens is 1. The molecule has 2 aromatic rings. The fourth-order valence-electron chi connectivity index (χ4n) is 1.31. The minimum absolute atomic E-state index is 0.900. The van der Waals surface area contributed by atoms with Crippen molar-refractivity contribution in [1.29, 1.82) is 0 Å². The van der Waals surface area contributed by atoms with Gasteiger partial charge >= 0.3 is 5.13 Å². The van der Waals surface area contributed by atoms with Gasteiger partial charge in [-0.3, -0.25) is 0 Å². The summed E-state index contributed by atoms with van der Waals surface area (Å²) in [5, 5.41) is 11.3. The monoisotopic (exact) mass is 232 g/mol. The van der Waals surface area contributed by atoms with E-state index < -0.39 is 0 Å². The van der Waals surface area contributed by atoms with Gasteiger partial charge in [0.05, 0.1) is 12.2 Å². The van der Waals surface area contributed by atoms with Crippen molar-refractivity contribution in [2.45, 2.75) is 13.8 Å². The molecule has 0 aliphatic heterocycles. The SMILES string of the molecule is Cc1ccc(N=Nc2scc[n+]2C)cc1C. The molecule has 1 aromatic carbocycles. The molecule has 16 heavy (non-hydrogen) atoms. The molecule has 0 aliphatic rings. The van der Waals surface area contributed by atoms with E-state index in [1.807, 2.05) is 35.3 Å². The van der Waals surface area contributed by atoms with Crippen LogP contribution in [0.25, 0.3) is 0 Å². The summed E-state index contributed by atoms with van der Waals surface area (Å²) in [6.07, 6.45) is 1.97. The van der Waals surface area contributed by atoms with Crippen LogP contribution in [0.15, 0.2) is 40.0 Å². The summed E-state index contributed by atoms with van der Waals surface area (Å²) >= 11 is 1.58. The molecule has 0 aliphatic carbocycles. The van der Waals surface area contributed by atoms with E-state index in [-0.39, 0.29) is 0 Å². The van der Waals surface area contributed by atoms with E-state index in [1.165, 1.54) is 11.1 Å². The third-order valence-electron chi connectivity index (χ3n) is 2.50. The van der Waals surface area contributed by atoms with E-state index in [2.05, 4.69) is 30.1 Å². The second-order valence-electron chi connectivity index (χ2n) is 3.77.